The number of nitrogens with one attached hydrogen (secondary N) is 1. The van der Waals surface area contributed by atoms with Crippen molar-refractivity contribution in [1.82, 2.24) is 14.5 Å². The van der Waals surface area contributed by atoms with Gasteiger partial charge in [0.2, 0.25) is 10.0 Å². The molecule has 0 spiro atoms. The number of halogens is 1. The van der Waals surface area contributed by atoms with Gasteiger partial charge in [-0.1, -0.05) is 11.6 Å². The molecule has 0 fully saturated rings. The van der Waals surface area contributed by atoms with Crippen LogP contribution in [-0.2, 0) is 23.6 Å². The van der Waals surface area contributed by atoms with Gasteiger partial charge in [0.05, 0.1) is 27.7 Å². The number of nitriles is 1. The average molecular weight is 311 g/mol. The maximum atomic E-state index is 12.1. The van der Waals surface area contributed by atoms with Crippen LogP contribution in [0.15, 0.2) is 35.4 Å². The molecule has 0 aliphatic heterocycles. The van der Waals surface area contributed by atoms with Crippen LogP contribution in [0.4, 0.5) is 0 Å². The van der Waals surface area contributed by atoms with Gasteiger partial charge in [-0.15, -0.1) is 0 Å². The van der Waals surface area contributed by atoms with Crippen LogP contribution in [-0.4, -0.2) is 18.2 Å². The van der Waals surface area contributed by atoms with Crippen LogP contribution >= 0.6 is 11.6 Å². The van der Waals surface area contributed by atoms with E-state index in [1.807, 2.05) is 6.07 Å². The molecule has 6 nitrogen and oxygen atoms in total. The van der Waals surface area contributed by atoms with Crippen LogP contribution in [0.3, 0.4) is 0 Å². The second-order valence-electron chi connectivity index (χ2n) is 4.06. The lowest BCUT2D eigenvalue weighted by molar-refractivity contribution is 0.579. The van der Waals surface area contributed by atoms with Gasteiger partial charge in [-0.25, -0.2) is 13.1 Å². The van der Waals surface area contributed by atoms with Crippen LogP contribution in [0.2, 0.25) is 5.02 Å². The quantitative estimate of drug-likeness (QED) is 0.925. The first-order valence-electron chi connectivity index (χ1n) is 5.60. The third-order valence-corrected chi connectivity index (χ3v) is 4.30. The van der Waals surface area contributed by atoms with Crippen LogP contribution in [0.5, 0.6) is 0 Å². The number of hydrogen-bond acceptors (Lipinski definition) is 4. The second-order valence-corrected chi connectivity index (χ2v) is 6.23. The fraction of sp³-hybridized carbons (Fsp3) is 0.167. The maximum Gasteiger partial charge on any atom is 0.240 e. The zero-order valence-corrected chi connectivity index (χ0v) is 12.1. The van der Waals surface area contributed by atoms with Crippen molar-refractivity contribution in [2.24, 2.45) is 7.05 Å². The minimum absolute atomic E-state index is 0.0115. The number of rotatable bonds is 4. The summed E-state index contributed by atoms with van der Waals surface area (Å²) in [6, 6.07) is 7.55. The zero-order chi connectivity index (χ0) is 14.8. The summed E-state index contributed by atoms with van der Waals surface area (Å²) in [6.45, 7) is 0.0841. The molecule has 0 atom stereocenters. The van der Waals surface area contributed by atoms with E-state index in [4.69, 9.17) is 16.9 Å². The summed E-state index contributed by atoms with van der Waals surface area (Å²) >= 11 is 5.83. The van der Waals surface area contributed by atoms with Crippen molar-refractivity contribution in [2.75, 3.05) is 0 Å². The molecule has 20 heavy (non-hydrogen) atoms. The van der Waals surface area contributed by atoms with Gasteiger partial charge < -0.3 is 0 Å². The molecule has 0 unspecified atom stereocenters. The van der Waals surface area contributed by atoms with Gasteiger partial charge in [-0.3, -0.25) is 4.68 Å². The lowest BCUT2D eigenvalue weighted by Crippen LogP contribution is -2.23. The van der Waals surface area contributed by atoms with E-state index in [9.17, 15) is 8.42 Å². The summed E-state index contributed by atoms with van der Waals surface area (Å²) < 4.78 is 28.2. The van der Waals surface area contributed by atoms with Gasteiger partial charge in [0.25, 0.3) is 0 Å². The number of aromatic nitrogens is 2. The van der Waals surface area contributed by atoms with E-state index >= 15 is 0 Å². The molecule has 8 heteroatoms. The molecule has 0 aliphatic carbocycles. The minimum atomic E-state index is -3.69. The van der Waals surface area contributed by atoms with Crippen LogP contribution < -0.4 is 4.72 Å². The SMILES string of the molecule is Cn1ccc(CNS(=O)(=O)c2ccc(C#N)c(Cl)c2)n1. The average Bonchev–Trinajstić information content (AvgIpc) is 2.82. The molecule has 1 N–H and O–H groups in total. The van der Waals surface area contributed by atoms with Gasteiger partial charge in [0.1, 0.15) is 6.07 Å². The summed E-state index contributed by atoms with van der Waals surface area (Å²) in [7, 11) is -1.94. The van der Waals surface area contributed by atoms with Gasteiger partial charge in [-0.05, 0) is 24.3 Å². The summed E-state index contributed by atoms with van der Waals surface area (Å²) in [6.07, 6.45) is 1.72. The van der Waals surface area contributed by atoms with Crippen molar-refractivity contribution in [3.8, 4) is 6.07 Å². The summed E-state index contributed by atoms with van der Waals surface area (Å²) in [5, 5.41) is 12.9. The van der Waals surface area contributed by atoms with Gasteiger partial charge in [-0.2, -0.15) is 10.4 Å². The Morgan fingerprint density at radius 3 is 2.75 bits per heavy atom. The van der Waals surface area contributed by atoms with Crippen molar-refractivity contribution in [3.05, 3.63) is 46.7 Å². The molecular weight excluding hydrogens is 300 g/mol. The molecular formula is C12H11ClN4O2S. The van der Waals surface area contributed by atoms with Crippen molar-refractivity contribution in [2.45, 2.75) is 11.4 Å². The first-order valence-corrected chi connectivity index (χ1v) is 7.46. The first-order chi connectivity index (χ1) is 9.42. The number of aryl methyl sites for hydroxylation is 1. The van der Waals surface area contributed by atoms with E-state index in [0.717, 1.165) is 0 Å². The largest absolute Gasteiger partial charge is 0.276 e. The maximum absolute atomic E-state index is 12.1. The third-order valence-electron chi connectivity index (χ3n) is 2.58. The van der Waals surface area contributed by atoms with Gasteiger partial charge in [0.15, 0.2) is 0 Å². The number of nitrogens with zero attached hydrogens (tertiary/aromatic N) is 3. The Balaban J connectivity index is 2.18. The van der Waals surface area contributed by atoms with Crippen LogP contribution in [0, 0.1) is 11.3 Å². The molecule has 0 saturated heterocycles. The van der Waals surface area contributed by atoms with Gasteiger partial charge in [0, 0.05) is 13.2 Å². The van der Waals surface area contributed by atoms with Crippen LogP contribution in [0.1, 0.15) is 11.3 Å². The monoisotopic (exact) mass is 310 g/mol. The predicted molar refractivity (Wildman–Crippen MR) is 73.4 cm³/mol. The van der Waals surface area contributed by atoms with E-state index < -0.39 is 10.0 Å². The molecule has 0 bridgehead atoms. The zero-order valence-electron chi connectivity index (χ0n) is 10.5. The minimum Gasteiger partial charge on any atom is -0.276 e. The smallest absolute Gasteiger partial charge is 0.240 e. The summed E-state index contributed by atoms with van der Waals surface area (Å²) in [4.78, 5) is 0.0115. The fourth-order valence-corrected chi connectivity index (χ4v) is 2.88. The van der Waals surface area contributed by atoms with E-state index in [-0.39, 0.29) is 22.0 Å². The molecule has 0 aliphatic rings. The topological polar surface area (TPSA) is 87.8 Å². The molecule has 1 heterocycles. The summed E-state index contributed by atoms with van der Waals surface area (Å²) in [5.74, 6) is 0. The molecule has 1 aromatic carbocycles. The van der Waals surface area contributed by atoms with Crippen molar-refractivity contribution < 1.29 is 8.42 Å². The van der Waals surface area contributed by atoms with Crippen molar-refractivity contribution in [1.29, 1.82) is 5.26 Å². The highest BCUT2D eigenvalue weighted by atomic mass is 35.5. The lowest BCUT2D eigenvalue weighted by atomic mass is 10.2. The Hall–Kier alpha value is -1.88. The Kier molecular flexibility index (Phi) is 4.09. The highest BCUT2D eigenvalue weighted by molar-refractivity contribution is 7.89. The second kappa shape index (κ2) is 5.63. The normalized spacial score (nSPS) is 11.2. The van der Waals surface area contributed by atoms with Crippen molar-refractivity contribution in [3.63, 3.8) is 0 Å². The van der Waals surface area contributed by atoms with E-state index in [2.05, 4.69) is 9.82 Å². The van der Waals surface area contributed by atoms with E-state index in [1.165, 1.54) is 18.2 Å². The molecule has 0 amide bonds. The summed E-state index contributed by atoms with van der Waals surface area (Å²) in [5.41, 5.74) is 0.839. The lowest BCUT2D eigenvalue weighted by Gasteiger charge is -2.06. The highest BCUT2D eigenvalue weighted by Crippen LogP contribution is 2.20. The van der Waals surface area contributed by atoms with Crippen molar-refractivity contribution >= 4 is 21.6 Å². The first kappa shape index (κ1) is 14.5. The molecule has 1 aromatic heterocycles. The predicted octanol–water partition coefficient (Wildman–Crippen LogP) is 1.42. The number of sulfonamides is 1. The number of hydrogen-bond donors (Lipinski definition) is 1. The van der Waals surface area contributed by atoms with E-state index in [0.29, 0.717) is 5.69 Å². The molecule has 0 saturated carbocycles. The third kappa shape index (κ3) is 3.17. The number of benzene rings is 1. The Morgan fingerprint density at radius 2 is 2.20 bits per heavy atom. The molecule has 0 radical (unpaired) electrons. The fourth-order valence-electron chi connectivity index (χ4n) is 1.56. The van der Waals surface area contributed by atoms with Crippen LogP contribution in [0.25, 0.3) is 0 Å². The standard InChI is InChI=1S/C12H11ClN4O2S/c1-17-5-4-10(16-17)8-15-20(18,19)11-3-2-9(7-14)12(13)6-11/h2-6,15H,8H2,1H3. The Morgan fingerprint density at radius 1 is 1.45 bits per heavy atom. The van der Waals surface area contributed by atoms with E-state index in [1.54, 1.807) is 24.0 Å². The molecule has 104 valence electrons. The highest BCUT2D eigenvalue weighted by Gasteiger charge is 2.16. The Labute approximate surface area is 121 Å². The van der Waals surface area contributed by atoms with Gasteiger partial charge >= 0.3 is 0 Å². The molecule has 2 rings (SSSR count). The molecule has 2 aromatic rings. The Bertz CT molecular complexity index is 777.